The predicted molar refractivity (Wildman–Crippen MR) is 92.0 cm³/mol. The summed E-state index contributed by atoms with van der Waals surface area (Å²) in [7, 11) is 0. The van der Waals surface area contributed by atoms with Crippen LogP contribution in [0.2, 0.25) is 0 Å². The smallest absolute Gasteiger partial charge is 0.264 e. The molecule has 1 aromatic rings. The molecule has 0 spiro atoms. The standard InChI is InChI=1S/C18H22FN3O4/c1-11(17(23)20-10-14-3-2-8-25-14)21-18(24)16-9-15(22-26-16)12-4-6-13(19)7-5-12/h4-7,11,14,16H,2-3,8-10H2,1H3,(H,20,23)(H,21,24)/t11-,14+,16+/m1/s1. The van der Waals surface area contributed by atoms with Crippen molar-refractivity contribution in [3.05, 3.63) is 35.6 Å². The Kier molecular flexibility index (Phi) is 5.82. The molecule has 140 valence electrons. The fourth-order valence-corrected chi connectivity index (χ4v) is 2.88. The molecule has 3 atom stereocenters. The topological polar surface area (TPSA) is 89.0 Å². The van der Waals surface area contributed by atoms with Gasteiger partial charge in [0.05, 0.1) is 11.8 Å². The number of amides is 2. The van der Waals surface area contributed by atoms with E-state index in [1.807, 2.05) is 0 Å². The van der Waals surface area contributed by atoms with Crippen LogP contribution < -0.4 is 10.6 Å². The molecule has 2 aliphatic heterocycles. The lowest BCUT2D eigenvalue weighted by atomic mass is 10.0. The lowest BCUT2D eigenvalue weighted by Gasteiger charge is -2.17. The Morgan fingerprint density at radius 3 is 2.81 bits per heavy atom. The minimum atomic E-state index is -0.802. The molecule has 8 heteroatoms. The van der Waals surface area contributed by atoms with Crippen LogP contribution in [0.4, 0.5) is 4.39 Å². The molecule has 0 aliphatic carbocycles. The van der Waals surface area contributed by atoms with Crippen molar-refractivity contribution in [1.82, 2.24) is 10.6 Å². The highest BCUT2D eigenvalue weighted by Crippen LogP contribution is 2.17. The van der Waals surface area contributed by atoms with Gasteiger partial charge in [-0.25, -0.2) is 4.39 Å². The molecule has 0 saturated carbocycles. The van der Waals surface area contributed by atoms with Crippen LogP contribution in [-0.4, -0.2) is 48.9 Å². The SMILES string of the molecule is C[C@@H](NC(=O)[C@@H]1CC(c2ccc(F)cc2)=NO1)C(=O)NC[C@@H]1CCCO1. The lowest BCUT2D eigenvalue weighted by Crippen LogP contribution is -2.49. The molecule has 2 amide bonds. The van der Waals surface area contributed by atoms with Gasteiger partial charge >= 0.3 is 0 Å². The summed E-state index contributed by atoms with van der Waals surface area (Å²) in [5, 5.41) is 9.30. The maximum atomic E-state index is 13.0. The molecule has 2 aliphatic rings. The molecule has 26 heavy (non-hydrogen) atoms. The van der Waals surface area contributed by atoms with Gasteiger partial charge in [0.25, 0.3) is 5.91 Å². The fourth-order valence-electron chi connectivity index (χ4n) is 2.88. The normalized spacial score (nSPS) is 23.1. The van der Waals surface area contributed by atoms with Crippen LogP contribution in [0, 0.1) is 5.82 Å². The summed E-state index contributed by atoms with van der Waals surface area (Å²) in [4.78, 5) is 29.5. The number of nitrogens with one attached hydrogen (secondary N) is 2. The minimum absolute atomic E-state index is 0.0479. The third kappa shape index (κ3) is 4.57. The van der Waals surface area contributed by atoms with Gasteiger partial charge in [-0.05, 0) is 37.5 Å². The second kappa shape index (κ2) is 8.27. The van der Waals surface area contributed by atoms with Crippen molar-refractivity contribution in [2.75, 3.05) is 13.2 Å². The first-order chi connectivity index (χ1) is 12.5. The van der Waals surface area contributed by atoms with Crippen LogP contribution in [0.3, 0.4) is 0 Å². The molecule has 3 rings (SSSR count). The average molecular weight is 363 g/mol. The zero-order chi connectivity index (χ0) is 18.5. The zero-order valence-electron chi connectivity index (χ0n) is 14.5. The molecule has 0 bridgehead atoms. The highest BCUT2D eigenvalue weighted by atomic mass is 19.1. The summed E-state index contributed by atoms with van der Waals surface area (Å²) in [6.45, 7) is 2.78. The highest BCUT2D eigenvalue weighted by Gasteiger charge is 2.31. The first-order valence-corrected chi connectivity index (χ1v) is 8.71. The Morgan fingerprint density at radius 2 is 2.12 bits per heavy atom. The second-order valence-corrected chi connectivity index (χ2v) is 6.45. The summed E-state index contributed by atoms with van der Waals surface area (Å²) in [5.41, 5.74) is 1.27. The number of nitrogens with zero attached hydrogens (tertiary/aromatic N) is 1. The van der Waals surface area contributed by atoms with Crippen molar-refractivity contribution in [2.24, 2.45) is 5.16 Å². The van der Waals surface area contributed by atoms with Crippen LogP contribution in [0.1, 0.15) is 31.7 Å². The third-order valence-electron chi connectivity index (χ3n) is 4.42. The quantitative estimate of drug-likeness (QED) is 0.793. The predicted octanol–water partition coefficient (Wildman–Crippen LogP) is 1.12. The average Bonchev–Trinajstić information content (AvgIpc) is 3.32. The van der Waals surface area contributed by atoms with E-state index in [2.05, 4.69) is 15.8 Å². The number of carbonyl (C=O) groups excluding carboxylic acids is 2. The zero-order valence-corrected chi connectivity index (χ0v) is 14.5. The van der Waals surface area contributed by atoms with Crippen molar-refractivity contribution in [2.45, 2.75) is 44.4 Å². The van der Waals surface area contributed by atoms with Crippen molar-refractivity contribution in [1.29, 1.82) is 0 Å². The fraction of sp³-hybridized carbons (Fsp3) is 0.500. The Morgan fingerprint density at radius 1 is 1.35 bits per heavy atom. The summed E-state index contributed by atoms with van der Waals surface area (Å²) in [5.74, 6) is -1.03. The summed E-state index contributed by atoms with van der Waals surface area (Å²) in [6.07, 6.45) is 1.44. The number of oxime groups is 1. The van der Waals surface area contributed by atoms with E-state index in [-0.39, 0.29) is 24.2 Å². The number of rotatable bonds is 6. The molecule has 7 nitrogen and oxygen atoms in total. The minimum Gasteiger partial charge on any atom is -0.382 e. The number of carbonyl (C=O) groups is 2. The number of benzene rings is 1. The van der Waals surface area contributed by atoms with Crippen LogP contribution in [0.15, 0.2) is 29.4 Å². The van der Waals surface area contributed by atoms with Gasteiger partial charge in [-0.15, -0.1) is 0 Å². The molecule has 1 fully saturated rings. The van der Waals surface area contributed by atoms with Gasteiger partial charge in [-0.3, -0.25) is 9.59 Å². The van der Waals surface area contributed by atoms with E-state index in [0.717, 1.165) is 19.4 Å². The van der Waals surface area contributed by atoms with E-state index in [1.54, 1.807) is 19.1 Å². The van der Waals surface area contributed by atoms with Gasteiger partial charge in [0.2, 0.25) is 12.0 Å². The maximum Gasteiger partial charge on any atom is 0.264 e. The molecule has 2 N–H and O–H groups in total. The number of hydrogen-bond donors (Lipinski definition) is 2. The first-order valence-electron chi connectivity index (χ1n) is 8.71. The molecule has 0 unspecified atom stereocenters. The number of ether oxygens (including phenoxy) is 1. The Balaban J connectivity index is 1.44. The molecular weight excluding hydrogens is 341 g/mol. The summed E-state index contributed by atoms with van der Waals surface area (Å²) in [6, 6.07) is 5.12. The van der Waals surface area contributed by atoms with Gasteiger partial charge < -0.3 is 20.2 Å². The summed E-state index contributed by atoms with van der Waals surface area (Å²) < 4.78 is 18.4. The highest BCUT2D eigenvalue weighted by molar-refractivity contribution is 6.04. The molecule has 0 radical (unpaired) electrons. The van der Waals surface area contributed by atoms with Crippen molar-refractivity contribution in [3.8, 4) is 0 Å². The van der Waals surface area contributed by atoms with Crippen LogP contribution in [0.25, 0.3) is 0 Å². The number of halogens is 1. The van der Waals surface area contributed by atoms with Gasteiger partial charge in [0, 0.05) is 19.6 Å². The molecule has 1 saturated heterocycles. The molecule has 1 aromatic carbocycles. The van der Waals surface area contributed by atoms with Crippen LogP contribution >= 0.6 is 0 Å². The molecular formula is C18H22FN3O4. The molecule has 0 aromatic heterocycles. The van der Waals surface area contributed by atoms with Crippen molar-refractivity contribution < 1.29 is 23.6 Å². The maximum absolute atomic E-state index is 13.0. The van der Waals surface area contributed by atoms with E-state index in [1.165, 1.54) is 12.1 Å². The van der Waals surface area contributed by atoms with E-state index in [4.69, 9.17) is 9.57 Å². The van der Waals surface area contributed by atoms with Gasteiger partial charge in [0.15, 0.2) is 0 Å². The third-order valence-corrected chi connectivity index (χ3v) is 4.42. The second-order valence-electron chi connectivity index (χ2n) is 6.45. The summed E-state index contributed by atoms with van der Waals surface area (Å²) >= 11 is 0. The Hall–Kier alpha value is -2.48. The van der Waals surface area contributed by atoms with E-state index < -0.39 is 18.1 Å². The van der Waals surface area contributed by atoms with Gasteiger partial charge in [-0.1, -0.05) is 17.3 Å². The van der Waals surface area contributed by atoms with E-state index in [0.29, 0.717) is 17.8 Å². The Labute approximate surface area is 150 Å². The van der Waals surface area contributed by atoms with Crippen LogP contribution in [-0.2, 0) is 19.2 Å². The first kappa shape index (κ1) is 18.3. The van der Waals surface area contributed by atoms with E-state index >= 15 is 0 Å². The largest absolute Gasteiger partial charge is 0.382 e. The number of hydrogen-bond acceptors (Lipinski definition) is 5. The van der Waals surface area contributed by atoms with Crippen molar-refractivity contribution >= 4 is 17.5 Å². The van der Waals surface area contributed by atoms with Crippen LogP contribution in [0.5, 0.6) is 0 Å². The lowest BCUT2D eigenvalue weighted by molar-refractivity contribution is -0.135. The van der Waals surface area contributed by atoms with Gasteiger partial charge in [-0.2, -0.15) is 0 Å². The van der Waals surface area contributed by atoms with E-state index in [9.17, 15) is 14.0 Å². The molecule has 2 heterocycles. The van der Waals surface area contributed by atoms with Gasteiger partial charge in [0.1, 0.15) is 11.9 Å². The van der Waals surface area contributed by atoms with Crippen molar-refractivity contribution in [3.63, 3.8) is 0 Å². The monoisotopic (exact) mass is 363 g/mol. The Bertz CT molecular complexity index is 686.